The van der Waals surface area contributed by atoms with Crippen LogP contribution < -0.4 is 15.8 Å². The average Bonchev–Trinajstić information content (AvgIpc) is 2.33. The van der Waals surface area contributed by atoms with E-state index in [4.69, 9.17) is 10.5 Å². The summed E-state index contributed by atoms with van der Waals surface area (Å²) in [5.41, 5.74) is 7.88. The molecule has 0 bridgehead atoms. The molecular formula is C15H22N2O2. The molecule has 1 aliphatic rings. The molecule has 4 nitrogen and oxygen atoms in total. The van der Waals surface area contributed by atoms with E-state index in [1.165, 1.54) is 5.56 Å². The molecule has 0 unspecified atom stereocenters. The first kappa shape index (κ1) is 13.9. The molecule has 0 saturated carbocycles. The highest BCUT2D eigenvalue weighted by molar-refractivity contribution is 5.95. The molecule has 0 aromatic heterocycles. The number of nitrogens with two attached hydrogens (primary N) is 1. The van der Waals surface area contributed by atoms with Crippen LogP contribution in [0.5, 0.6) is 5.75 Å². The summed E-state index contributed by atoms with van der Waals surface area (Å²) in [4.78, 5) is 11.3. The minimum Gasteiger partial charge on any atom is -0.482 e. The van der Waals surface area contributed by atoms with Gasteiger partial charge in [-0.25, -0.2) is 0 Å². The van der Waals surface area contributed by atoms with Gasteiger partial charge in [0.1, 0.15) is 5.75 Å². The predicted molar refractivity (Wildman–Crippen MR) is 76.4 cm³/mol. The summed E-state index contributed by atoms with van der Waals surface area (Å²) in [6.45, 7) is 4.22. The molecule has 0 atom stereocenters. The zero-order valence-electron chi connectivity index (χ0n) is 11.7. The molecular weight excluding hydrogens is 240 g/mol. The van der Waals surface area contributed by atoms with E-state index in [2.05, 4.69) is 25.2 Å². The van der Waals surface area contributed by atoms with Gasteiger partial charge in [-0.3, -0.25) is 4.79 Å². The first-order chi connectivity index (χ1) is 8.94. The van der Waals surface area contributed by atoms with Crippen molar-refractivity contribution in [1.29, 1.82) is 0 Å². The zero-order chi connectivity index (χ0) is 13.9. The molecule has 2 rings (SSSR count). The van der Waals surface area contributed by atoms with E-state index in [-0.39, 0.29) is 18.1 Å². The Morgan fingerprint density at radius 2 is 2.16 bits per heavy atom. The van der Waals surface area contributed by atoms with Gasteiger partial charge in [0.15, 0.2) is 6.61 Å². The fraction of sp³-hybridized carbons (Fsp3) is 0.533. The summed E-state index contributed by atoms with van der Waals surface area (Å²) in [5, 5.41) is 2.83. The van der Waals surface area contributed by atoms with Crippen molar-refractivity contribution in [3.8, 4) is 5.75 Å². The summed E-state index contributed by atoms with van der Waals surface area (Å²) in [6.07, 6.45) is 4.24. The first-order valence-electron chi connectivity index (χ1n) is 6.78. The maximum atomic E-state index is 11.3. The summed E-state index contributed by atoms with van der Waals surface area (Å²) in [5.74, 6) is 0.668. The molecule has 0 aliphatic carbocycles. The zero-order valence-corrected chi connectivity index (χ0v) is 11.7. The smallest absolute Gasteiger partial charge is 0.262 e. The highest BCUT2D eigenvalue weighted by atomic mass is 16.5. The molecule has 3 N–H and O–H groups in total. The Balaban J connectivity index is 1.88. The minimum atomic E-state index is -0.0884. The second kappa shape index (κ2) is 5.61. The number of ether oxygens (including phenoxy) is 1. The third-order valence-electron chi connectivity index (χ3n) is 3.21. The normalized spacial score (nSPS) is 14.6. The number of benzene rings is 1. The second-order valence-corrected chi connectivity index (χ2v) is 5.86. The van der Waals surface area contributed by atoms with Crippen molar-refractivity contribution >= 4 is 11.6 Å². The van der Waals surface area contributed by atoms with Gasteiger partial charge < -0.3 is 15.8 Å². The summed E-state index contributed by atoms with van der Waals surface area (Å²) >= 11 is 0. The number of carbonyl (C=O) groups is 1. The number of unbranched alkanes of at least 4 members (excludes halogenated alkanes) is 1. The molecule has 1 aliphatic heterocycles. The van der Waals surface area contributed by atoms with Crippen LogP contribution in [0.25, 0.3) is 0 Å². The molecule has 1 amide bonds. The summed E-state index contributed by atoms with van der Waals surface area (Å²) < 4.78 is 5.33. The van der Waals surface area contributed by atoms with E-state index in [1.807, 2.05) is 12.1 Å². The Kier molecular flexibility index (Phi) is 4.10. The third-order valence-corrected chi connectivity index (χ3v) is 3.21. The van der Waals surface area contributed by atoms with Crippen LogP contribution in [0.15, 0.2) is 18.2 Å². The number of hydrogen-bond acceptors (Lipinski definition) is 3. The number of amides is 1. The van der Waals surface area contributed by atoms with Gasteiger partial charge in [-0.2, -0.15) is 0 Å². The highest BCUT2D eigenvalue weighted by Crippen LogP contribution is 2.29. The average molecular weight is 262 g/mol. The lowest BCUT2D eigenvalue weighted by atomic mass is 9.97. The number of hydrogen-bond donors (Lipinski definition) is 2. The standard InChI is InChI=1S/C15H22N2O2/c1-15(2,16)8-4-3-5-11-6-7-13-12(9-11)17-14(18)10-19-13/h6-7,9H,3-5,8,10,16H2,1-2H3,(H,17,18). The van der Waals surface area contributed by atoms with E-state index >= 15 is 0 Å². The van der Waals surface area contributed by atoms with Gasteiger partial charge in [0, 0.05) is 5.54 Å². The largest absolute Gasteiger partial charge is 0.482 e. The van der Waals surface area contributed by atoms with Gasteiger partial charge in [-0.15, -0.1) is 0 Å². The fourth-order valence-electron chi connectivity index (χ4n) is 2.20. The van der Waals surface area contributed by atoms with Crippen LogP contribution >= 0.6 is 0 Å². The Morgan fingerprint density at radius 1 is 1.37 bits per heavy atom. The van der Waals surface area contributed by atoms with Crippen LogP contribution in [0.1, 0.15) is 38.7 Å². The molecule has 0 radical (unpaired) electrons. The maximum Gasteiger partial charge on any atom is 0.262 e. The monoisotopic (exact) mass is 262 g/mol. The lowest BCUT2D eigenvalue weighted by Crippen LogP contribution is -2.31. The van der Waals surface area contributed by atoms with E-state index < -0.39 is 0 Å². The topological polar surface area (TPSA) is 64.3 Å². The van der Waals surface area contributed by atoms with Crippen molar-refractivity contribution in [3.63, 3.8) is 0 Å². The second-order valence-electron chi connectivity index (χ2n) is 5.86. The van der Waals surface area contributed by atoms with Gasteiger partial charge in [0.2, 0.25) is 0 Å². The molecule has 19 heavy (non-hydrogen) atoms. The Hall–Kier alpha value is -1.55. The van der Waals surface area contributed by atoms with Crippen LogP contribution in [0.2, 0.25) is 0 Å². The number of fused-ring (bicyclic) bond motifs is 1. The number of carbonyl (C=O) groups excluding carboxylic acids is 1. The number of rotatable bonds is 5. The van der Waals surface area contributed by atoms with Gasteiger partial charge in [0.25, 0.3) is 5.91 Å². The number of aryl methyl sites for hydroxylation is 1. The van der Waals surface area contributed by atoms with Crippen LogP contribution in [-0.4, -0.2) is 18.1 Å². The van der Waals surface area contributed by atoms with Gasteiger partial charge in [0.05, 0.1) is 5.69 Å². The van der Waals surface area contributed by atoms with E-state index in [1.54, 1.807) is 0 Å². The summed E-state index contributed by atoms with van der Waals surface area (Å²) in [7, 11) is 0. The Bertz CT molecular complexity index is 464. The van der Waals surface area contributed by atoms with Crippen LogP contribution in [0, 0.1) is 0 Å². The molecule has 1 aromatic rings. The van der Waals surface area contributed by atoms with Gasteiger partial charge in [-0.05, 0) is 50.8 Å². The summed E-state index contributed by atoms with van der Waals surface area (Å²) in [6, 6.07) is 5.99. The van der Waals surface area contributed by atoms with Crippen LogP contribution in [-0.2, 0) is 11.2 Å². The van der Waals surface area contributed by atoms with Crippen molar-refractivity contribution in [2.75, 3.05) is 11.9 Å². The third kappa shape index (κ3) is 4.24. The molecule has 0 spiro atoms. The number of anilines is 1. The molecule has 0 fully saturated rings. The lowest BCUT2D eigenvalue weighted by Gasteiger charge is -2.19. The Morgan fingerprint density at radius 3 is 2.89 bits per heavy atom. The molecule has 0 saturated heterocycles. The Labute approximate surface area is 114 Å². The highest BCUT2D eigenvalue weighted by Gasteiger charge is 2.15. The lowest BCUT2D eigenvalue weighted by molar-refractivity contribution is -0.118. The van der Waals surface area contributed by atoms with Gasteiger partial charge in [-0.1, -0.05) is 12.5 Å². The van der Waals surface area contributed by atoms with Crippen molar-refractivity contribution in [1.82, 2.24) is 0 Å². The van der Waals surface area contributed by atoms with E-state index in [0.717, 1.165) is 37.1 Å². The molecule has 1 aromatic carbocycles. The minimum absolute atomic E-state index is 0.0856. The molecule has 4 heteroatoms. The van der Waals surface area contributed by atoms with E-state index in [9.17, 15) is 4.79 Å². The van der Waals surface area contributed by atoms with Crippen molar-refractivity contribution in [2.24, 2.45) is 5.73 Å². The quantitative estimate of drug-likeness (QED) is 0.801. The predicted octanol–water partition coefficient (Wildman–Crippen LogP) is 2.47. The number of nitrogens with one attached hydrogen (secondary N) is 1. The van der Waals surface area contributed by atoms with Crippen molar-refractivity contribution in [3.05, 3.63) is 23.8 Å². The SMILES string of the molecule is CC(C)(N)CCCCc1ccc2c(c1)NC(=O)CO2. The first-order valence-corrected chi connectivity index (χ1v) is 6.78. The molecule has 1 heterocycles. The van der Waals surface area contributed by atoms with Gasteiger partial charge >= 0.3 is 0 Å². The van der Waals surface area contributed by atoms with Crippen molar-refractivity contribution in [2.45, 2.75) is 45.1 Å². The van der Waals surface area contributed by atoms with Crippen LogP contribution in [0.3, 0.4) is 0 Å². The molecule has 104 valence electrons. The maximum absolute atomic E-state index is 11.3. The van der Waals surface area contributed by atoms with Crippen molar-refractivity contribution < 1.29 is 9.53 Å². The van der Waals surface area contributed by atoms with Crippen LogP contribution in [0.4, 0.5) is 5.69 Å². The fourth-order valence-corrected chi connectivity index (χ4v) is 2.20. The van der Waals surface area contributed by atoms with E-state index in [0.29, 0.717) is 0 Å².